The van der Waals surface area contributed by atoms with E-state index >= 15 is 0 Å². The average Bonchev–Trinajstić information content (AvgIpc) is 3.02. The summed E-state index contributed by atoms with van der Waals surface area (Å²) in [5, 5.41) is 41.2. The van der Waals surface area contributed by atoms with Gasteiger partial charge in [-0.1, -0.05) is 38.1 Å². The summed E-state index contributed by atoms with van der Waals surface area (Å²) in [7, 11) is 0. The van der Waals surface area contributed by atoms with Crippen molar-refractivity contribution < 1.29 is 44.1 Å². The number of amides is 5. The van der Waals surface area contributed by atoms with Gasteiger partial charge in [-0.3, -0.25) is 28.8 Å². The van der Waals surface area contributed by atoms with Crippen LogP contribution < -0.4 is 32.3 Å². The molecule has 2 aromatic rings. The van der Waals surface area contributed by atoms with Gasteiger partial charge in [0.25, 0.3) is 0 Å². The number of carbonyl (C=O) groups excluding carboxylic acids is 5. The van der Waals surface area contributed by atoms with Crippen LogP contribution in [0.25, 0.3) is 0 Å². The quantitative estimate of drug-likeness (QED) is 0.0940. The van der Waals surface area contributed by atoms with Gasteiger partial charge in [0.1, 0.15) is 41.7 Å². The lowest BCUT2D eigenvalue weighted by atomic mass is 9.99. The molecule has 0 heterocycles. The number of nitrogens with one attached hydrogen (secondary N) is 5. The SMILES string of the molecule is CC(C)[C@H](NC(=O)[C@H](C)N)C(=O)N[C@@H](Cc1ccc(O)cc1)C(=O)N[C@@H](Cc1ccc(O)cc1)C(=O)N[C@@H](CS)C(=O)N[C@@H](C)C(=O)O. The van der Waals surface area contributed by atoms with Gasteiger partial charge in [-0.2, -0.15) is 12.6 Å². The number of benzene rings is 2. The van der Waals surface area contributed by atoms with Crippen LogP contribution in [-0.4, -0.2) is 92.8 Å². The minimum Gasteiger partial charge on any atom is -0.508 e. The first-order valence-electron chi connectivity index (χ1n) is 15.2. The molecule has 10 N–H and O–H groups in total. The van der Waals surface area contributed by atoms with Gasteiger partial charge in [0.2, 0.25) is 29.5 Å². The van der Waals surface area contributed by atoms with Crippen LogP contribution in [0, 0.1) is 5.92 Å². The Hall–Kier alpha value is -4.83. The van der Waals surface area contributed by atoms with Gasteiger partial charge >= 0.3 is 5.97 Å². The fourth-order valence-electron chi connectivity index (χ4n) is 4.35. The molecule has 2 aromatic carbocycles. The Bertz CT molecular complexity index is 1440. The van der Waals surface area contributed by atoms with Crippen LogP contribution in [-0.2, 0) is 41.6 Å². The molecule has 262 valence electrons. The van der Waals surface area contributed by atoms with Gasteiger partial charge < -0.3 is 47.6 Å². The minimum absolute atomic E-state index is 0.0200. The van der Waals surface area contributed by atoms with E-state index < -0.39 is 77.7 Å². The highest BCUT2D eigenvalue weighted by Gasteiger charge is 2.33. The predicted octanol–water partition coefficient (Wildman–Crippen LogP) is -0.655. The Morgan fingerprint density at radius 3 is 1.40 bits per heavy atom. The maximum atomic E-state index is 13.9. The van der Waals surface area contributed by atoms with E-state index in [0.717, 1.165) is 0 Å². The molecular weight excluding hydrogens is 644 g/mol. The number of rotatable bonds is 17. The molecule has 0 saturated heterocycles. The largest absolute Gasteiger partial charge is 0.508 e. The first-order chi connectivity index (χ1) is 22.5. The molecule has 0 radical (unpaired) electrons. The second-order valence-electron chi connectivity index (χ2n) is 11.7. The summed E-state index contributed by atoms with van der Waals surface area (Å²) in [6, 6.07) is 4.66. The molecule has 6 atom stereocenters. The Kier molecular flexibility index (Phi) is 15.2. The number of aliphatic carboxylic acids is 1. The summed E-state index contributed by atoms with van der Waals surface area (Å²) >= 11 is 4.12. The van der Waals surface area contributed by atoms with E-state index in [1.54, 1.807) is 26.0 Å². The molecule has 5 amide bonds. The third kappa shape index (κ3) is 12.4. The van der Waals surface area contributed by atoms with E-state index in [4.69, 9.17) is 10.8 Å². The maximum Gasteiger partial charge on any atom is 0.325 e. The van der Waals surface area contributed by atoms with E-state index in [0.29, 0.717) is 11.1 Å². The number of carbonyl (C=O) groups is 6. The molecule has 2 rings (SSSR count). The fraction of sp³-hybridized carbons (Fsp3) is 0.438. The summed E-state index contributed by atoms with van der Waals surface area (Å²) in [6.07, 6.45) is -0.185. The van der Waals surface area contributed by atoms with Gasteiger partial charge in [-0.15, -0.1) is 0 Å². The highest BCUT2D eigenvalue weighted by Crippen LogP contribution is 2.14. The van der Waals surface area contributed by atoms with Crippen LogP contribution in [0.3, 0.4) is 0 Å². The van der Waals surface area contributed by atoms with Gasteiger partial charge in [0, 0.05) is 18.6 Å². The Morgan fingerprint density at radius 2 is 1.02 bits per heavy atom. The molecule has 0 saturated carbocycles. The number of hydrogen-bond acceptors (Lipinski definition) is 10. The zero-order valence-corrected chi connectivity index (χ0v) is 28.0. The summed E-state index contributed by atoms with van der Waals surface area (Å²) in [4.78, 5) is 77.2. The van der Waals surface area contributed by atoms with Crippen molar-refractivity contribution in [3.63, 3.8) is 0 Å². The third-order valence-electron chi connectivity index (χ3n) is 7.22. The number of thiol groups is 1. The smallest absolute Gasteiger partial charge is 0.325 e. The zero-order chi connectivity index (χ0) is 36.1. The van der Waals surface area contributed by atoms with Gasteiger partial charge in [0.05, 0.1) is 6.04 Å². The molecule has 0 unspecified atom stereocenters. The van der Waals surface area contributed by atoms with Crippen molar-refractivity contribution in [2.75, 3.05) is 5.75 Å². The molecular formula is C32H44N6O9S. The van der Waals surface area contributed by atoms with Crippen LogP contribution in [0.4, 0.5) is 0 Å². The molecule has 15 nitrogen and oxygen atoms in total. The normalized spacial score (nSPS) is 14.7. The number of phenolic OH excluding ortho intramolecular Hbond substituents is 2. The van der Waals surface area contributed by atoms with E-state index in [1.165, 1.54) is 50.2 Å². The predicted molar refractivity (Wildman–Crippen MR) is 179 cm³/mol. The van der Waals surface area contributed by atoms with Crippen molar-refractivity contribution in [1.29, 1.82) is 0 Å². The van der Waals surface area contributed by atoms with Crippen LogP contribution in [0.5, 0.6) is 11.5 Å². The number of carboxylic acids is 1. The minimum atomic E-state index is -1.33. The standard InChI is InChI=1S/C32H44N6O9S/c1-16(2)26(38-27(41)17(3)33)31(45)36-24(14-20-7-11-22(40)12-8-20)28(42)35-23(13-19-5-9-21(39)10-6-19)29(43)37-25(15-48)30(44)34-18(4)32(46)47/h5-12,16-18,23-26,39-40,48H,13-15,33H2,1-4H3,(H,34,44)(H,35,42)(H,36,45)(H,37,43)(H,38,41)(H,46,47)/t17-,18-,23-,24-,25-,26-/m0/s1. The summed E-state index contributed by atoms with van der Waals surface area (Å²) < 4.78 is 0. The molecule has 48 heavy (non-hydrogen) atoms. The lowest BCUT2D eigenvalue weighted by Crippen LogP contribution is -2.60. The Balaban J connectivity index is 2.42. The molecule has 0 bridgehead atoms. The second-order valence-corrected chi connectivity index (χ2v) is 12.1. The van der Waals surface area contributed by atoms with E-state index in [9.17, 15) is 39.0 Å². The second kappa shape index (κ2) is 18.5. The molecule has 0 spiro atoms. The summed E-state index contributed by atoms with van der Waals surface area (Å²) in [6.45, 7) is 6.10. The summed E-state index contributed by atoms with van der Waals surface area (Å²) in [5.74, 6) is -5.61. The van der Waals surface area contributed by atoms with E-state index in [-0.39, 0.29) is 30.1 Å². The van der Waals surface area contributed by atoms with Gasteiger partial charge in [-0.25, -0.2) is 0 Å². The molecule has 0 aliphatic heterocycles. The number of phenols is 2. The van der Waals surface area contributed by atoms with E-state index in [2.05, 4.69) is 39.2 Å². The van der Waals surface area contributed by atoms with Crippen LogP contribution in [0.1, 0.15) is 38.8 Å². The highest BCUT2D eigenvalue weighted by molar-refractivity contribution is 7.80. The topological polar surface area (TPSA) is 249 Å². The van der Waals surface area contributed by atoms with Gasteiger partial charge in [0.15, 0.2) is 0 Å². The lowest BCUT2D eigenvalue weighted by molar-refractivity contribution is -0.141. The first-order valence-corrected chi connectivity index (χ1v) is 15.8. The number of nitrogens with two attached hydrogens (primary N) is 1. The summed E-state index contributed by atoms with van der Waals surface area (Å²) in [5.41, 5.74) is 6.74. The first kappa shape index (κ1) is 39.3. The number of carboxylic acid groups (broad SMARTS) is 1. The Labute approximate surface area is 283 Å². The van der Waals surface area contributed by atoms with Crippen LogP contribution in [0.2, 0.25) is 0 Å². The molecule has 0 aromatic heterocycles. The zero-order valence-electron chi connectivity index (χ0n) is 27.1. The fourth-order valence-corrected chi connectivity index (χ4v) is 4.61. The highest BCUT2D eigenvalue weighted by atomic mass is 32.1. The van der Waals surface area contributed by atoms with E-state index in [1.807, 2.05) is 0 Å². The monoisotopic (exact) mass is 688 g/mol. The van der Waals surface area contributed by atoms with Crippen molar-refractivity contribution in [3.8, 4) is 11.5 Å². The van der Waals surface area contributed by atoms with Crippen molar-refractivity contribution in [1.82, 2.24) is 26.6 Å². The lowest BCUT2D eigenvalue weighted by Gasteiger charge is -2.28. The van der Waals surface area contributed by atoms with Crippen molar-refractivity contribution in [2.24, 2.45) is 11.7 Å². The molecule has 16 heteroatoms. The molecule has 0 aliphatic carbocycles. The van der Waals surface area contributed by atoms with Crippen molar-refractivity contribution in [2.45, 2.75) is 76.8 Å². The number of hydrogen-bond donors (Lipinski definition) is 10. The van der Waals surface area contributed by atoms with Crippen molar-refractivity contribution >= 4 is 48.1 Å². The van der Waals surface area contributed by atoms with Crippen LogP contribution in [0.15, 0.2) is 48.5 Å². The molecule has 0 fully saturated rings. The maximum absolute atomic E-state index is 13.9. The van der Waals surface area contributed by atoms with Crippen LogP contribution >= 0.6 is 12.6 Å². The molecule has 0 aliphatic rings. The van der Waals surface area contributed by atoms with Crippen molar-refractivity contribution in [3.05, 3.63) is 59.7 Å². The average molecular weight is 689 g/mol. The third-order valence-corrected chi connectivity index (χ3v) is 7.59. The number of aromatic hydroxyl groups is 2. The van der Waals surface area contributed by atoms with Gasteiger partial charge in [-0.05, 0) is 55.2 Å². The Morgan fingerprint density at radius 1 is 0.625 bits per heavy atom.